The number of ether oxygens (including phenoxy) is 1. The molecule has 0 radical (unpaired) electrons. The molecule has 150 valence electrons. The normalized spacial score (nSPS) is 14.4. The van der Waals surface area contributed by atoms with Crippen LogP contribution in [0.5, 0.6) is 5.75 Å². The third-order valence-corrected chi connectivity index (χ3v) is 5.04. The molecule has 2 aromatic carbocycles. The van der Waals surface area contributed by atoms with Crippen molar-refractivity contribution in [3.05, 3.63) is 77.1 Å². The molecule has 1 heterocycles. The number of aromatic nitrogens is 2. The van der Waals surface area contributed by atoms with Gasteiger partial charge >= 0.3 is 0 Å². The van der Waals surface area contributed by atoms with Crippen molar-refractivity contribution < 1.29 is 4.74 Å². The summed E-state index contributed by atoms with van der Waals surface area (Å²) in [5.74, 6) is 1.44. The van der Waals surface area contributed by atoms with Gasteiger partial charge in [-0.1, -0.05) is 24.3 Å². The second kappa shape index (κ2) is 8.59. The first-order valence-corrected chi connectivity index (χ1v) is 9.96. The zero-order valence-corrected chi connectivity index (χ0v) is 16.9. The number of methoxy groups -OCH3 is 1. The van der Waals surface area contributed by atoms with Crippen molar-refractivity contribution >= 4 is 11.6 Å². The molecule has 1 atom stereocenters. The van der Waals surface area contributed by atoms with Crippen LogP contribution in [0.1, 0.15) is 41.4 Å². The summed E-state index contributed by atoms with van der Waals surface area (Å²) in [4.78, 5) is 9.41. The second-order valence-electron chi connectivity index (χ2n) is 7.43. The SMILES string of the molecule is COc1ccc(C(NC2CC2)c2cc(C)nc(Nc3ccc(CN)cc3)n2)cc1. The zero-order chi connectivity index (χ0) is 20.2. The van der Waals surface area contributed by atoms with Gasteiger partial charge in [-0.2, -0.15) is 0 Å². The van der Waals surface area contributed by atoms with Crippen LogP contribution in [0.3, 0.4) is 0 Å². The Bertz CT molecular complexity index is 952. The minimum atomic E-state index is 0.00951. The maximum Gasteiger partial charge on any atom is 0.227 e. The molecule has 0 saturated heterocycles. The highest BCUT2D eigenvalue weighted by Gasteiger charge is 2.27. The average molecular weight is 390 g/mol. The van der Waals surface area contributed by atoms with Gasteiger partial charge in [0.2, 0.25) is 5.95 Å². The van der Waals surface area contributed by atoms with E-state index >= 15 is 0 Å². The van der Waals surface area contributed by atoms with E-state index in [9.17, 15) is 0 Å². The minimum absolute atomic E-state index is 0.00951. The fourth-order valence-corrected chi connectivity index (χ4v) is 3.28. The summed E-state index contributed by atoms with van der Waals surface area (Å²) in [7, 11) is 1.68. The van der Waals surface area contributed by atoms with Crippen LogP contribution < -0.4 is 21.1 Å². The largest absolute Gasteiger partial charge is 0.497 e. The predicted molar refractivity (Wildman–Crippen MR) is 115 cm³/mol. The third kappa shape index (κ3) is 4.91. The van der Waals surface area contributed by atoms with Crippen LogP contribution in [-0.4, -0.2) is 23.1 Å². The van der Waals surface area contributed by atoms with Crippen molar-refractivity contribution in [2.45, 2.75) is 38.4 Å². The van der Waals surface area contributed by atoms with Crippen molar-refractivity contribution in [2.24, 2.45) is 5.73 Å². The zero-order valence-electron chi connectivity index (χ0n) is 16.9. The molecule has 1 fully saturated rings. The summed E-state index contributed by atoms with van der Waals surface area (Å²) < 4.78 is 5.31. The lowest BCUT2D eigenvalue weighted by Crippen LogP contribution is -2.25. The van der Waals surface area contributed by atoms with Gasteiger partial charge in [0.15, 0.2) is 0 Å². The van der Waals surface area contributed by atoms with E-state index in [2.05, 4.69) is 27.8 Å². The monoisotopic (exact) mass is 389 g/mol. The van der Waals surface area contributed by atoms with Crippen LogP contribution >= 0.6 is 0 Å². The molecule has 6 nitrogen and oxygen atoms in total. The highest BCUT2D eigenvalue weighted by Crippen LogP contribution is 2.30. The second-order valence-corrected chi connectivity index (χ2v) is 7.43. The number of nitrogens with two attached hydrogens (primary N) is 1. The number of hydrogen-bond acceptors (Lipinski definition) is 6. The summed E-state index contributed by atoms with van der Waals surface area (Å²) in [6.45, 7) is 2.53. The molecular formula is C23H27N5O. The lowest BCUT2D eigenvalue weighted by atomic mass is 10.0. The standard InChI is InChI=1S/C23H27N5O/c1-15-13-21(28-23(25-15)27-19-7-3-16(14-24)4-8-19)22(26-18-9-10-18)17-5-11-20(29-2)12-6-17/h3-8,11-13,18,22,26H,9-10,14,24H2,1-2H3,(H,25,27,28). The third-order valence-electron chi connectivity index (χ3n) is 5.04. The molecule has 1 unspecified atom stereocenters. The molecule has 1 saturated carbocycles. The highest BCUT2D eigenvalue weighted by atomic mass is 16.5. The summed E-state index contributed by atoms with van der Waals surface area (Å²) >= 11 is 0. The summed E-state index contributed by atoms with van der Waals surface area (Å²) in [6, 6.07) is 18.8. The highest BCUT2D eigenvalue weighted by molar-refractivity contribution is 5.54. The Labute approximate surface area is 171 Å². The Balaban J connectivity index is 1.62. The molecule has 29 heavy (non-hydrogen) atoms. The van der Waals surface area contributed by atoms with E-state index in [0.717, 1.165) is 34.0 Å². The maximum atomic E-state index is 5.68. The van der Waals surface area contributed by atoms with Crippen molar-refractivity contribution in [3.63, 3.8) is 0 Å². The van der Waals surface area contributed by atoms with Crippen LogP contribution in [0.25, 0.3) is 0 Å². The van der Waals surface area contributed by atoms with Gasteiger partial charge in [0.1, 0.15) is 5.75 Å². The molecule has 1 aliphatic carbocycles. The van der Waals surface area contributed by atoms with E-state index in [0.29, 0.717) is 18.5 Å². The van der Waals surface area contributed by atoms with Gasteiger partial charge in [-0.25, -0.2) is 9.97 Å². The fraction of sp³-hybridized carbons (Fsp3) is 0.304. The lowest BCUT2D eigenvalue weighted by Gasteiger charge is -2.20. The van der Waals surface area contributed by atoms with Gasteiger partial charge < -0.3 is 21.1 Å². The summed E-state index contributed by atoms with van der Waals surface area (Å²) in [5, 5.41) is 7.04. The van der Waals surface area contributed by atoms with Gasteiger partial charge in [0, 0.05) is 24.0 Å². The summed E-state index contributed by atoms with van der Waals surface area (Å²) in [6.07, 6.45) is 2.41. The summed E-state index contributed by atoms with van der Waals surface area (Å²) in [5.41, 5.74) is 10.8. The van der Waals surface area contributed by atoms with Gasteiger partial charge in [0.25, 0.3) is 0 Å². The maximum absolute atomic E-state index is 5.68. The average Bonchev–Trinajstić information content (AvgIpc) is 3.56. The number of nitrogens with zero attached hydrogens (tertiary/aromatic N) is 2. The smallest absolute Gasteiger partial charge is 0.227 e. The lowest BCUT2D eigenvalue weighted by molar-refractivity contribution is 0.414. The molecule has 0 spiro atoms. The number of rotatable bonds is 8. The number of hydrogen-bond donors (Lipinski definition) is 3. The molecule has 0 amide bonds. The fourth-order valence-electron chi connectivity index (χ4n) is 3.28. The first-order valence-electron chi connectivity index (χ1n) is 9.96. The topological polar surface area (TPSA) is 85.1 Å². The molecular weight excluding hydrogens is 362 g/mol. The van der Waals surface area contributed by atoms with Crippen molar-refractivity contribution in [2.75, 3.05) is 12.4 Å². The van der Waals surface area contributed by atoms with Crippen LogP contribution in [-0.2, 0) is 6.54 Å². The van der Waals surface area contributed by atoms with Gasteiger partial charge in [0.05, 0.1) is 18.8 Å². The molecule has 4 rings (SSSR count). The van der Waals surface area contributed by atoms with Crippen LogP contribution in [0.4, 0.5) is 11.6 Å². The quantitative estimate of drug-likeness (QED) is 0.543. The van der Waals surface area contributed by atoms with Crippen molar-refractivity contribution in [1.29, 1.82) is 0 Å². The van der Waals surface area contributed by atoms with Crippen LogP contribution in [0.2, 0.25) is 0 Å². The number of benzene rings is 2. The van der Waals surface area contributed by atoms with Gasteiger partial charge in [-0.05, 0) is 61.2 Å². The van der Waals surface area contributed by atoms with E-state index < -0.39 is 0 Å². The molecule has 1 aliphatic rings. The number of anilines is 2. The Morgan fingerprint density at radius 2 is 1.79 bits per heavy atom. The van der Waals surface area contributed by atoms with Crippen LogP contribution in [0, 0.1) is 6.92 Å². The van der Waals surface area contributed by atoms with E-state index in [1.54, 1.807) is 7.11 Å². The van der Waals surface area contributed by atoms with E-state index in [-0.39, 0.29) is 6.04 Å². The first kappa shape index (κ1) is 19.4. The van der Waals surface area contributed by atoms with Crippen LogP contribution in [0.15, 0.2) is 54.6 Å². The van der Waals surface area contributed by atoms with E-state index in [1.807, 2.05) is 49.4 Å². The molecule has 0 bridgehead atoms. The van der Waals surface area contributed by atoms with Crippen molar-refractivity contribution in [1.82, 2.24) is 15.3 Å². The molecule has 4 N–H and O–H groups in total. The van der Waals surface area contributed by atoms with Crippen molar-refractivity contribution in [3.8, 4) is 5.75 Å². The van der Waals surface area contributed by atoms with Gasteiger partial charge in [-0.3, -0.25) is 0 Å². The van der Waals surface area contributed by atoms with E-state index in [4.69, 9.17) is 15.5 Å². The number of nitrogens with one attached hydrogen (secondary N) is 2. The first-order chi connectivity index (χ1) is 14.1. The molecule has 6 heteroatoms. The number of aryl methyl sites for hydroxylation is 1. The Kier molecular flexibility index (Phi) is 5.74. The van der Waals surface area contributed by atoms with Gasteiger partial charge in [-0.15, -0.1) is 0 Å². The molecule has 3 aromatic rings. The predicted octanol–water partition coefficient (Wildman–Crippen LogP) is 3.84. The minimum Gasteiger partial charge on any atom is -0.497 e. The molecule has 0 aliphatic heterocycles. The Morgan fingerprint density at radius 1 is 1.07 bits per heavy atom. The van der Waals surface area contributed by atoms with E-state index in [1.165, 1.54) is 12.8 Å². The Morgan fingerprint density at radius 3 is 2.41 bits per heavy atom. The molecule has 1 aromatic heterocycles. The Hall–Kier alpha value is -2.96.